The summed E-state index contributed by atoms with van der Waals surface area (Å²) < 4.78 is 11.6. The maximum atomic E-state index is 13.2. The maximum absolute atomic E-state index is 13.2. The van der Waals surface area contributed by atoms with Crippen molar-refractivity contribution < 1.29 is 19.1 Å². The minimum atomic E-state index is -0.416. The van der Waals surface area contributed by atoms with Gasteiger partial charge in [-0.05, 0) is 49.2 Å². The molecule has 8 nitrogen and oxygen atoms in total. The van der Waals surface area contributed by atoms with Crippen LogP contribution in [0.3, 0.4) is 0 Å². The van der Waals surface area contributed by atoms with Crippen LogP contribution in [0.2, 0.25) is 5.02 Å². The van der Waals surface area contributed by atoms with E-state index in [9.17, 15) is 9.59 Å². The van der Waals surface area contributed by atoms with Crippen LogP contribution >= 0.6 is 11.6 Å². The molecule has 2 aromatic carbocycles. The van der Waals surface area contributed by atoms with Crippen LogP contribution in [0.25, 0.3) is 0 Å². The zero-order valence-electron chi connectivity index (χ0n) is 19.4. The summed E-state index contributed by atoms with van der Waals surface area (Å²) in [6, 6.07) is 11.5. The Bertz CT molecular complexity index is 969. The largest absolute Gasteiger partial charge is 0.491 e. The topological polar surface area (TPSA) is 91.9 Å². The van der Waals surface area contributed by atoms with Crippen LogP contribution in [0.1, 0.15) is 24.2 Å². The lowest BCUT2D eigenvalue weighted by atomic mass is 10.0. The van der Waals surface area contributed by atoms with Crippen molar-refractivity contribution in [2.24, 2.45) is 5.92 Å². The van der Waals surface area contributed by atoms with E-state index >= 15 is 0 Å². The first kappa shape index (κ1) is 24.8. The molecule has 1 aliphatic heterocycles. The van der Waals surface area contributed by atoms with E-state index in [1.54, 1.807) is 61.5 Å². The lowest BCUT2D eigenvalue weighted by Crippen LogP contribution is -2.44. The second-order valence-electron chi connectivity index (χ2n) is 8.35. The summed E-state index contributed by atoms with van der Waals surface area (Å²) in [7, 11) is 3.41. The Morgan fingerprint density at radius 2 is 1.82 bits per heavy atom. The molecule has 178 valence electrons. The van der Waals surface area contributed by atoms with Gasteiger partial charge in [0.1, 0.15) is 12.4 Å². The lowest BCUT2D eigenvalue weighted by molar-refractivity contribution is 0.0281. The number of rotatable bonds is 3. The van der Waals surface area contributed by atoms with Gasteiger partial charge in [0.05, 0.1) is 11.7 Å². The van der Waals surface area contributed by atoms with Crippen molar-refractivity contribution in [3.8, 4) is 5.75 Å². The summed E-state index contributed by atoms with van der Waals surface area (Å²) in [6.45, 7) is 5.68. The maximum Gasteiger partial charge on any atom is 0.323 e. The number of halogens is 1. The molecule has 3 rings (SSSR count). The van der Waals surface area contributed by atoms with Gasteiger partial charge in [-0.2, -0.15) is 0 Å². The molecule has 9 heteroatoms. The summed E-state index contributed by atoms with van der Waals surface area (Å²) in [4.78, 5) is 27.2. The van der Waals surface area contributed by atoms with Gasteiger partial charge < -0.3 is 30.3 Å². The number of nitrogens with one attached hydrogen (secondary N) is 3. The summed E-state index contributed by atoms with van der Waals surface area (Å²) in [5.74, 6) is 0.460. The number of benzene rings is 2. The van der Waals surface area contributed by atoms with Crippen LogP contribution in [0.15, 0.2) is 42.5 Å². The molecule has 0 aromatic heterocycles. The van der Waals surface area contributed by atoms with Gasteiger partial charge in [-0.3, -0.25) is 4.79 Å². The Balaban J connectivity index is 1.80. The van der Waals surface area contributed by atoms with E-state index in [-0.39, 0.29) is 24.0 Å². The Morgan fingerprint density at radius 3 is 2.52 bits per heavy atom. The summed E-state index contributed by atoms with van der Waals surface area (Å²) in [5.41, 5.74) is 1.54. The highest BCUT2D eigenvalue weighted by atomic mass is 35.5. The minimum absolute atomic E-state index is 0.0647. The first-order valence-corrected chi connectivity index (χ1v) is 11.3. The number of fused-ring (bicyclic) bond motifs is 1. The van der Waals surface area contributed by atoms with Gasteiger partial charge >= 0.3 is 6.03 Å². The minimum Gasteiger partial charge on any atom is -0.491 e. The van der Waals surface area contributed by atoms with Crippen molar-refractivity contribution in [2.45, 2.75) is 26.0 Å². The van der Waals surface area contributed by atoms with Gasteiger partial charge in [0.25, 0.3) is 5.91 Å². The first-order chi connectivity index (χ1) is 15.8. The molecule has 0 spiro atoms. The molecule has 3 atom stereocenters. The number of amides is 3. The highest BCUT2D eigenvalue weighted by molar-refractivity contribution is 6.30. The average molecular weight is 475 g/mol. The van der Waals surface area contributed by atoms with Crippen molar-refractivity contribution in [2.75, 3.05) is 44.5 Å². The Kier molecular flexibility index (Phi) is 8.55. The van der Waals surface area contributed by atoms with E-state index in [0.717, 1.165) is 6.54 Å². The van der Waals surface area contributed by atoms with E-state index in [2.05, 4.69) is 22.9 Å². The second kappa shape index (κ2) is 11.4. The monoisotopic (exact) mass is 474 g/mol. The fourth-order valence-corrected chi connectivity index (χ4v) is 3.69. The van der Waals surface area contributed by atoms with Crippen LogP contribution in [0, 0.1) is 5.92 Å². The molecule has 1 aliphatic rings. The van der Waals surface area contributed by atoms with Gasteiger partial charge in [0.15, 0.2) is 0 Å². The standard InChI is InChI=1S/C24H31ClN4O4/c1-15-12-26-16(2)14-33-21-11-19(28-24(31)27-18-7-5-17(25)6-8-18)9-10-20(21)23(30)29(3)13-22(15)32-4/h5-11,15-16,22,26H,12-14H2,1-4H3,(H2,27,28,31)/t15-,16+,22-/m1/s1. The number of carbonyl (C=O) groups is 2. The molecular formula is C24H31ClN4O4. The molecule has 0 saturated heterocycles. The smallest absolute Gasteiger partial charge is 0.323 e. The van der Waals surface area contributed by atoms with Crippen LogP contribution in [-0.2, 0) is 4.74 Å². The third-order valence-corrected chi connectivity index (χ3v) is 5.84. The third-order valence-electron chi connectivity index (χ3n) is 5.59. The van der Waals surface area contributed by atoms with Crippen LogP contribution < -0.4 is 20.7 Å². The Labute approximate surface area is 199 Å². The molecule has 0 radical (unpaired) electrons. The number of anilines is 2. The third kappa shape index (κ3) is 6.83. The van der Waals surface area contributed by atoms with Crippen molar-refractivity contribution >= 4 is 34.9 Å². The number of carbonyl (C=O) groups excluding carboxylic acids is 2. The van der Waals surface area contributed by atoms with Gasteiger partial charge in [0.2, 0.25) is 0 Å². The number of likely N-dealkylation sites (N-methyl/N-ethyl adjacent to an activating group) is 1. The molecule has 0 bridgehead atoms. The molecule has 0 fully saturated rings. The number of nitrogens with zero attached hydrogens (tertiary/aromatic N) is 1. The average Bonchev–Trinajstić information content (AvgIpc) is 2.80. The van der Waals surface area contributed by atoms with Crippen molar-refractivity contribution in [1.29, 1.82) is 0 Å². The molecule has 0 aliphatic carbocycles. The summed E-state index contributed by atoms with van der Waals surface area (Å²) >= 11 is 5.88. The normalized spacial score (nSPS) is 21.8. The fourth-order valence-electron chi connectivity index (χ4n) is 3.56. The summed E-state index contributed by atoms with van der Waals surface area (Å²) in [6.07, 6.45) is -0.0973. The lowest BCUT2D eigenvalue weighted by Gasteiger charge is -2.30. The van der Waals surface area contributed by atoms with E-state index in [0.29, 0.717) is 40.9 Å². The predicted octanol–water partition coefficient (Wildman–Crippen LogP) is 4.08. The number of ether oxygens (including phenoxy) is 2. The Hall–Kier alpha value is -2.81. The quantitative estimate of drug-likeness (QED) is 0.623. The highest BCUT2D eigenvalue weighted by Crippen LogP contribution is 2.26. The fraction of sp³-hybridized carbons (Fsp3) is 0.417. The van der Waals surface area contributed by atoms with Crippen LogP contribution in [0.5, 0.6) is 5.75 Å². The molecule has 0 unspecified atom stereocenters. The van der Waals surface area contributed by atoms with Gasteiger partial charge in [-0.1, -0.05) is 18.5 Å². The zero-order chi connectivity index (χ0) is 24.0. The SMILES string of the molecule is CO[C@@H]1CN(C)C(=O)c2ccc(NC(=O)Nc3ccc(Cl)cc3)cc2OC[C@H](C)NC[C@H]1C. The van der Waals surface area contributed by atoms with Crippen molar-refractivity contribution in [3.63, 3.8) is 0 Å². The molecule has 1 heterocycles. The number of hydrogen-bond donors (Lipinski definition) is 3. The molecule has 2 aromatic rings. The van der Waals surface area contributed by atoms with E-state index in [1.807, 2.05) is 6.92 Å². The first-order valence-electron chi connectivity index (χ1n) is 10.9. The van der Waals surface area contributed by atoms with Gasteiger partial charge in [0, 0.05) is 55.8 Å². The summed E-state index contributed by atoms with van der Waals surface area (Å²) in [5, 5.41) is 9.56. The number of urea groups is 1. The van der Waals surface area contributed by atoms with Crippen LogP contribution in [0.4, 0.5) is 16.2 Å². The van der Waals surface area contributed by atoms with E-state index in [4.69, 9.17) is 21.1 Å². The molecule has 3 N–H and O–H groups in total. The molecule has 33 heavy (non-hydrogen) atoms. The van der Waals surface area contributed by atoms with Crippen molar-refractivity contribution in [3.05, 3.63) is 53.1 Å². The Morgan fingerprint density at radius 1 is 1.15 bits per heavy atom. The van der Waals surface area contributed by atoms with E-state index < -0.39 is 6.03 Å². The predicted molar refractivity (Wildman–Crippen MR) is 130 cm³/mol. The second-order valence-corrected chi connectivity index (χ2v) is 8.79. The van der Waals surface area contributed by atoms with Gasteiger partial charge in [-0.15, -0.1) is 0 Å². The molecule has 0 saturated carbocycles. The van der Waals surface area contributed by atoms with Crippen LogP contribution in [-0.4, -0.2) is 62.8 Å². The number of methoxy groups -OCH3 is 1. The number of hydrogen-bond acceptors (Lipinski definition) is 5. The molecular weight excluding hydrogens is 444 g/mol. The van der Waals surface area contributed by atoms with Crippen molar-refractivity contribution in [1.82, 2.24) is 10.2 Å². The molecule has 3 amide bonds. The highest BCUT2D eigenvalue weighted by Gasteiger charge is 2.25. The zero-order valence-corrected chi connectivity index (χ0v) is 20.1. The van der Waals surface area contributed by atoms with E-state index in [1.165, 1.54) is 0 Å². The van der Waals surface area contributed by atoms with Gasteiger partial charge in [-0.25, -0.2) is 4.79 Å².